The molecule has 26 heavy (non-hydrogen) atoms. The van der Waals surface area contributed by atoms with Crippen LogP contribution in [-0.4, -0.2) is 18.6 Å². The zero-order valence-corrected chi connectivity index (χ0v) is 16.0. The first-order valence-electron chi connectivity index (χ1n) is 8.36. The van der Waals surface area contributed by atoms with Crippen LogP contribution in [0.15, 0.2) is 29.6 Å². The van der Waals surface area contributed by atoms with Crippen LogP contribution >= 0.6 is 22.7 Å². The zero-order valence-electron chi connectivity index (χ0n) is 14.3. The minimum absolute atomic E-state index is 0.619. The average Bonchev–Trinajstić information content (AvgIpc) is 3.30. The van der Waals surface area contributed by atoms with Gasteiger partial charge in [-0.3, -0.25) is 0 Å². The molecule has 0 spiro atoms. The molecule has 0 radical (unpaired) electrons. The lowest BCUT2D eigenvalue weighted by Crippen LogP contribution is -2.22. The fourth-order valence-electron chi connectivity index (χ4n) is 3.00. The Kier molecular flexibility index (Phi) is 4.89. The van der Waals surface area contributed by atoms with Gasteiger partial charge in [0.15, 0.2) is 0 Å². The minimum atomic E-state index is 0.619. The molecule has 0 unspecified atom stereocenters. The van der Waals surface area contributed by atoms with E-state index in [1.165, 1.54) is 10.4 Å². The molecular formula is C19H18N4OS2. The highest BCUT2D eigenvalue weighted by molar-refractivity contribution is 7.16. The summed E-state index contributed by atoms with van der Waals surface area (Å²) in [6.07, 6.45) is 0.925. The summed E-state index contributed by atoms with van der Waals surface area (Å²) in [6.45, 7) is 2.41. The van der Waals surface area contributed by atoms with Crippen LogP contribution in [0.5, 0.6) is 5.75 Å². The summed E-state index contributed by atoms with van der Waals surface area (Å²) in [5.41, 5.74) is 4.07. The smallest absolute Gasteiger partial charge is 0.123 e. The van der Waals surface area contributed by atoms with Crippen molar-refractivity contribution in [2.24, 2.45) is 0 Å². The number of rotatable bonds is 5. The normalized spacial score (nSPS) is 13.1. The summed E-state index contributed by atoms with van der Waals surface area (Å²) in [5, 5.41) is 20.3. The second-order valence-corrected chi connectivity index (χ2v) is 7.94. The fourth-order valence-corrected chi connectivity index (χ4v) is 4.99. The van der Waals surface area contributed by atoms with Crippen LogP contribution in [0.25, 0.3) is 10.6 Å². The summed E-state index contributed by atoms with van der Waals surface area (Å²) >= 11 is 3.30. The highest BCUT2D eigenvalue weighted by atomic mass is 32.1. The van der Waals surface area contributed by atoms with Gasteiger partial charge in [0.05, 0.1) is 24.9 Å². The van der Waals surface area contributed by atoms with Gasteiger partial charge in [-0.05, 0) is 42.8 Å². The number of thiophene rings is 1. The third-order valence-corrected chi connectivity index (χ3v) is 6.49. The van der Waals surface area contributed by atoms with Crippen LogP contribution in [-0.2, 0) is 19.5 Å². The number of ether oxygens (including phenoxy) is 1. The number of fused-ring (bicyclic) bond motifs is 1. The van der Waals surface area contributed by atoms with Gasteiger partial charge in [-0.25, -0.2) is 4.98 Å². The highest BCUT2D eigenvalue weighted by Crippen LogP contribution is 2.35. The Labute approximate surface area is 160 Å². The van der Waals surface area contributed by atoms with Gasteiger partial charge in [-0.1, -0.05) is 0 Å². The lowest BCUT2D eigenvalue weighted by atomic mass is 10.1. The molecule has 132 valence electrons. The molecule has 2 aromatic heterocycles. The Morgan fingerprint density at radius 1 is 1.35 bits per heavy atom. The van der Waals surface area contributed by atoms with Gasteiger partial charge >= 0.3 is 0 Å². The molecule has 3 aromatic rings. The number of thiazole rings is 1. The Balaban J connectivity index is 1.48. The molecule has 0 bridgehead atoms. The number of nitrogens with zero attached hydrogens (tertiary/aromatic N) is 2. The molecule has 0 aliphatic carbocycles. The van der Waals surface area contributed by atoms with Crippen molar-refractivity contribution >= 4 is 27.7 Å². The number of nitrogens with one attached hydrogen (secondary N) is 2. The van der Waals surface area contributed by atoms with E-state index in [0.29, 0.717) is 6.54 Å². The summed E-state index contributed by atoms with van der Waals surface area (Å²) < 4.78 is 5.20. The highest BCUT2D eigenvalue weighted by Gasteiger charge is 2.20. The standard InChI is InChI=1S/C19H18N4OS2/c1-24-14-4-2-12(3-5-14)18-23-13(11-25-18)9-22-19-16(8-20)15-6-7-21-10-17(15)26-19/h2-5,11,21-22H,6-7,9-10H2,1H3. The molecule has 0 fully saturated rings. The Bertz CT molecular complexity index is 953. The van der Waals surface area contributed by atoms with E-state index in [4.69, 9.17) is 9.72 Å². The number of benzene rings is 1. The first-order valence-corrected chi connectivity index (χ1v) is 10.1. The lowest BCUT2D eigenvalue weighted by Gasteiger charge is -2.11. The van der Waals surface area contributed by atoms with E-state index in [0.717, 1.165) is 52.1 Å². The maximum Gasteiger partial charge on any atom is 0.123 e. The van der Waals surface area contributed by atoms with Gasteiger partial charge in [-0.2, -0.15) is 5.26 Å². The van der Waals surface area contributed by atoms with E-state index in [2.05, 4.69) is 22.1 Å². The minimum Gasteiger partial charge on any atom is -0.497 e. The Hall–Kier alpha value is -2.40. The monoisotopic (exact) mass is 382 g/mol. The van der Waals surface area contributed by atoms with Crippen molar-refractivity contribution in [3.63, 3.8) is 0 Å². The molecule has 2 N–H and O–H groups in total. The molecule has 0 saturated heterocycles. The van der Waals surface area contributed by atoms with Gasteiger partial charge < -0.3 is 15.4 Å². The quantitative estimate of drug-likeness (QED) is 0.698. The van der Waals surface area contributed by atoms with Crippen molar-refractivity contribution < 1.29 is 4.74 Å². The molecule has 1 aromatic carbocycles. The van der Waals surface area contributed by atoms with E-state index >= 15 is 0 Å². The van der Waals surface area contributed by atoms with Gasteiger partial charge in [-0.15, -0.1) is 22.7 Å². The SMILES string of the molecule is COc1ccc(-c2nc(CNc3sc4c(c3C#N)CCNC4)cs2)cc1. The molecule has 1 aliphatic rings. The Morgan fingerprint density at radius 3 is 2.96 bits per heavy atom. The molecule has 0 saturated carbocycles. The van der Waals surface area contributed by atoms with Crippen molar-refractivity contribution in [3.05, 3.63) is 51.3 Å². The first-order chi connectivity index (χ1) is 12.8. The van der Waals surface area contributed by atoms with Crippen molar-refractivity contribution in [1.29, 1.82) is 5.26 Å². The van der Waals surface area contributed by atoms with E-state index in [9.17, 15) is 5.26 Å². The van der Waals surface area contributed by atoms with Crippen LogP contribution in [0, 0.1) is 11.3 Å². The number of anilines is 1. The number of methoxy groups -OCH3 is 1. The summed E-state index contributed by atoms with van der Waals surface area (Å²) in [5.74, 6) is 0.840. The van der Waals surface area contributed by atoms with Crippen LogP contribution in [0.4, 0.5) is 5.00 Å². The van der Waals surface area contributed by atoms with E-state index < -0.39 is 0 Å². The third kappa shape index (κ3) is 3.31. The molecule has 1 aliphatic heterocycles. The van der Waals surface area contributed by atoms with E-state index in [1.54, 1.807) is 29.8 Å². The van der Waals surface area contributed by atoms with Gasteiger partial charge in [0.25, 0.3) is 0 Å². The second kappa shape index (κ2) is 7.46. The fraction of sp³-hybridized carbons (Fsp3) is 0.263. The molecule has 5 nitrogen and oxygen atoms in total. The largest absolute Gasteiger partial charge is 0.497 e. The van der Waals surface area contributed by atoms with Crippen LogP contribution in [0.3, 0.4) is 0 Å². The molecule has 3 heterocycles. The topological polar surface area (TPSA) is 70.0 Å². The van der Waals surface area contributed by atoms with Gasteiger partial charge in [0.1, 0.15) is 21.8 Å². The molecular weight excluding hydrogens is 364 g/mol. The van der Waals surface area contributed by atoms with Crippen molar-refractivity contribution in [2.45, 2.75) is 19.5 Å². The third-order valence-electron chi connectivity index (χ3n) is 4.36. The van der Waals surface area contributed by atoms with E-state index in [1.807, 2.05) is 24.3 Å². The predicted molar refractivity (Wildman–Crippen MR) is 106 cm³/mol. The van der Waals surface area contributed by atoms with Crippen LogP contribution in [0.2, 0.25) is 0 Å². The molecule has 4 rings (SSSR count). The predicted octanol–water partition coefficient (Wildman–Crippen LogP) is 4.01. The van der Waals surface area contributed by atoms with Crippen molar-refractivity contribution in [2.75, 3.05) is 19.0 Å². The van der Waals surface area contributed by atoms with Crippen LogP contribution < -0.4 is 15.4 Å². The van der Waals surface area contributed by atoms with Crippen molar-refractivity contribution in [1.82, 2.24) is 10.3 Å². The maximum atomic E-state index is 9.53. The molecule has 7 heteroatoms. The maximum absolute atomic E-state index is 9.53. The molecule has 0 amide bonds. The number of hydrogen-bond donors (Lipinski definition) is 2. The van der Waals surface area contributed by atoms with Crippen molar-refractivity contribution in [3.8, 4) is 22.4 Å². The van der Waals surface area contributed by atoms with E-state index in [-0.39, 0.29) is 0 Å². The Morgan fingerprint density at radius 2 is 2.19 bits per heavy atom. The number of aromatic nitrogens is 1. The average molecular weight is 383 g/mol. The molecule has 0 atom stereocenters. The van der Waals surface area contributed by atoms with Gasteiger partial charge in [0, 0.05) is 22.4 Å². The zero-order chi connectivity index (χ0) is 17.9. The second-order valence-electron chi connectivity index (χ2n) is 5.97. The summed E-state index contributed by atoms with van der Waals surface area (Å²) in [4.78, 5) is 5.98. The first kappa shape index (κ1) is 17.0. The van der Waals surface area contributed by atoms with Gasteiger partial charge in [0.2, 0.25) is 0 Å². The summed E-state index contributed by atoms with van der Waals surface area (Å²) in [6, 6.07) is 10.3. The lowest BCUT2D eigenvalue weighted by molar-refractivity contribution is 0.415. The summed E-state index contributed by atoms with van der Waals surface area (Å²) in [7, 11) is 1.66. The number of hydrogen-bond acceptors (Lipinski definition) is 7. The number of nitriles is 1. The van der Waals surface area contributed by atoms with Crippen LogP contribution in [0.1, 0.15) is 21.7 Å².